The number of rotatable bonds is 1. The van der Waals surface area contributed by atoms with Crippen molar-refractivity contribution in [1.29, 1.82) is 0 Å². The van der Waals surface area contributed by atoms with E-state index in [1.54, 1.807) is 30.5 Å². The van der Waals surface area contributed by atoms with Gasteiger partial charge in [-0.1, -0.05) is 11.6 Å². The summed E-state index contributed by atoms with van der Waals surface area (Å²) in [5.41, 5.74) is 1.45. The molecule has 122 valence electrons. The number of aliphatic imine (C=N–C) groups is 1. The first-order valence-electron chi connectivity index (χ1n) is 6.59. The van der Waals surface area contributed by atoms with Crippen LogP contribution < -0.4 is 4.90 Å². The molecule has 0 aliphatic carbocycles. The van der Waals surface area contributed by atoms with E-state index in [1.165, 1.54) is 9.80 Å². The van der Waals surface area contributed by atoms with Crippen LogP contribution >= 0.6 is 11.6 Å². The summed E-state index contributed by atoms with van der Waals surface area (Å²) < 4.78 is 33.1. The Morgan fingerprint density at radius 2 is 2.04 bits per heavy atom. The van der Waals surface area contributed by atoms with Crippen molar-refractivity contribution in [2.24, 2.45) is 4.99 Å². The summed E-state index contributed by atoms with van der Waals surface area (Å²) in [5.74, 6) is -0.797. The topological polar surface area (TPSA) is 35.9 Å². The Bertz CT molecular complexity index is 703. The molecule has 0 fully saturated rings. The number of hydrogen-bond donors (Lipinski definition) is 0. The number of nitrogens with zero attached hydrogens (tertiary/aromatic N) is 3. The van der Waals surface area contributed by atoms with Gasteiger partial charge < -0.3 is 0 Å². The molecule has 1 aromatic rings. The number of aryl methyl sites for hydroxylation is 1. The third kappa shape index (κ3) is 3.56. The summed E-state index contributed by atoms with van der Waals surface area (Å²) in [5, 5.41) is 0.613. The molecular weight excluding hydrogens is 331 g/mol. The van der Waals surface area contributed by atoms with Gasteiger partial charge in [0.2, 0.25) is 18.8 Å². The number of guanidine groups is 1. The van der Waals surface area contributed by atoms with E-state index in [9.17, 15) is 18.0 Å². The molecule has 0 atom stereocenters. The zero-order valence-electron chi connectivity index (χ0n) is 12.1. The molecule has 2 aliphatic heterocycles. The predicted octanol–water partition coefficient (Wildman–Crippen LogP) is 3.87. The first kappa shape index (κ1) is 17.1. The average molecular weight is 344 g/mol. The fraction of sp³-hybridized carbons (Fsp3) is 0.200. The smallest absolute Gasteiger partial charge is 0.262 e. The third-order valence-electron chi connectivity index (χ3n) is 3.15. The van der Waals surface area contributed by atoms with Crippen molar-refractivity contribution >= 4 is 29.2 Å². The zero-order chi connectivity index (χ0) is 17.0. The van der Waals surface area contributed by atoms with Crippen LogP contribution in [0.25, 0.3) is 0 Å². The highest BCUT2D eigenvalue weighted by Gasteiger charge is 2.33. The van der Waals surface area contributed by atoms with Crippen LogP contribution in [0.5, 0.6) is 0 Å². The molecule has 0 radical (unpaired) electrons. The SMILES string of the molecule is Cc1cc(N2C(=O)C=C(F)N3CC=CN=C32)ccc1Cl.FCF. The van der Waals surface area contributed by atoms with Crippen molar-refractivity contribution in [1.82, 2.24) is 4.90 Å². The van der Waals surface area contributed by atoms with Crippen LogP contribution in [0.15, 0.2) is 47.5 Å². The normalized spacial score (nSPS) is 16.3. The second-order valence-corrected chi connectivity index (χ2v) is 5.01. The van der Waals surface area contributed by atoms with Crippen LogP contribution in [-0.2, 0) is 4.79 Å². The standard InChI is InChI=1S/C14H11ClFN3O.CH2F2/c1-9-7-10(3-4-11(9)15)19-13(20)8-12(16)18-6-2-5-17-14(18)19;2-1-3/h2-5,7-8H,6H2,1H3;1H2. The molecule has 3 rings (SSSR count). The Morgan fingerprint density at radius 3 is 2.70 bits per heavy atom. The minimum atomic E-state index is -1.75. The highest BCUT2D eigenvalue weighted by Crippen LogP contribution is 2.28. The number of anilines is 1. The number of amides is 1. The summed E-state index contributed by atoms with van der Waals surface area (Å²) in [7, 11) is 0. The molecule has 0 saturated heterocycles. The van der Waals surface area contributed by atoms with Crippen molar-refractivity contribution in [3.8, 4) is 0 Å². The molecule has 0 saturated carbocycles. The van der Waals surface area contributed by atoms with Crippen LogP contribution in [-0.4, -0.2) is 30.2 Å². The minimum Gasteiger partial charge on any atom is -0.284 e. The maximum absolute atomic E-state index is 13.8. The third-order valence-corrected chi connectivity index (χ3v) is 3.57. The maximum Gasteiger partial charge on any atom is 0.262 e. The van der Waals surface area contributed by atoms with Crippen LogP contribution in [0.2, 0.25) is 5.02 Å². The van der Waals surface area contributed by atoms with Crippen molar-refractivity contribution < 1.29 is 18.0 Å². The van der Waals surface area contributed by atoms with Crippen molar-refractivity contribution in [2.45, 2.75) is 6.92 Å². The van der Waals surface area contributed by atoms with Gasteiger partial charge in [0.15, 0.2) is 0 Å². The molecule has 23 heavy (non-hydrogen) atoms. The van der Waals surface area contributed by atoms with Crippen LogP contribution in [0.4, 0.5) is 18.9 Å². The van der Waals surface area contributed by atoms with Gasteiger partial charge in [-0.25, -0.2) is 18.7 Å². The summed E-state index contributed by atoms with van der Waals surface area (Å²) in [6.07, 6.45) is 4.24. The molecule has 0 spiro atoms. The summed E-state index contributed by atoms with van der Waals surface area (Å²) in [6.45, 7) is 0.439. The molecular formula is C15H13ClF3N3O. The molecule has 0 bridgehead atoms. The van der Waals surface area contributed by atoms with Crippen molar-refractivity contribution in [2.75, 3.05) is 18.4 Å². The van der Waals surface area contributed by atoms with E-state index >= 15 is 0 Å². The Balaban J connectivity index is 0.000000595. The number of carbonyl (C=O) groups excluding carboxylic acids is 1. The number of carbonyl (C=O) groups is 1. The van der Waals surface area contributed by atoms with E-state index in [0.29, 0.717) is 17.3 Å². The molecule has 0 N–H and O–H groups in total. The molecule has 2 aliphatic rings. The molecule has 0 unspecified atom stereocenters. The van der Waals surface area contributed by atoms with Crippen LogP contribution in [0, 0.1) is 6.92 Å². The summed E-state index contributed by atoms with van der Waals surface area (Å²) >= 11 is 5.99. The molecule has 1 amide bonds. The van der Waals surface area contributed by atoms with Gasteiger partial charge in [-0.2, -0.15) is 4.39 Å². The molecule has 0 aromatic heterocycles. The van der Waals surface area contributed by atoms with Crippen LogP contribution in [0.1, 0.15) is 5.56 Å². The summed E-state index contributed by atoms with van der Waals surface area (Å²) in [4.78, 5) is 18.9. The molecule has 8 heteroatoms. The van der Waals surface area contributed by atoms with Gasteiger partial charge in [-0.05, 0) is 36.8 Å². The highest BCUT2D eigenvalue weighted by molar-refractivity contribution is 6.31. The lowest BCUT2D eigenvalue weighted by molar-refractivity contribution is -0.113. The zero-order valence-corrected chi connectivity index (χ0v) is 12.9. The quantitative estimate of drug-likeness (QED) is 0.726. The number of benzene rings is 1. The Morgan fingerprint density at radius 1 is 1.35 bits per heavy atom. The lowest BCUT2D eigenvalue weighted by Crippen LogP contribution is -2.50. The Hall–Kier alpha value is -2.28. The maximum atomic E-state index is 13.8. The van der Waals surface area contributed by atoms with Gasteiger partial charge in [-0.3, -0.25) is 9.69 Å². The molecule has 4 nitrogen and oxygen atoms in total. The van der Waals surface area contributed by atoms with Crippen molar-refractivity contribution in [3.63, 3.8) is 0 Å². The van der Waals surface area contributed by atoms with Crippen molar-refractivity contribution in [3.05, 3.63) is 53.1 Å². The lowest BCUT2D eigenvalue weighted by atomic mass is 10.2. The number of hydrogen-bond acceptors (Lipinski definition) is 3. The first-order valence-corrected chi connectivity index (χ1v) is 6.97. The van der Waals surface area contributed by atoms with E-state index < -0.39 is 18.8 Å². The van der Waals surface area contributed by atoms with Crippen LogP contribution in [0.3, 0.4) is 0 Å². The van der Waals surface area contributed by atoms with E-state index in [0.717, 1.165) is 11.6 Å². The van der Waals surface area contributed by atoms with Gasteiger partial charge in [0.1, 0.15) is 0 Å². The van der Waals surface area contributed by atoms with E-state index in [-0.39, 0.29) is 5.96 Å². The van der Waals surface area contributed by atoms with Gasteiger partial charge >= 0.3 is 0 Å². The minimum absolute atomic E-state index is 0.263. The highest BCUT2D eigenvalue weighted by atomic mass is 35.5. The lowest BCUT2D eigenvalue weighted by Gasteiger charge is -2.35. The van der Waals surface area contributed by atoms with Gasteiger partial charge in [0, 0.05) is 17.8 Å². The van der Waals surface area contributed by atoms with E-state index in [2.05, 4.69) is 4.99 Å². The number of halogens is 4. The largest absolute Gasteiger partial charge is 0.284 e. The predicted molar refractivity (Wildman–Crippen MR) is 83.2 cm³/mol. The van der Waals surface area contributed by atoms with E-state index in [4.69, 9.17) is 11.6 Å². The second kappa shape index (κ2) is 7.32. The second-order valence-electron chi connectivity index (χ2n) is 4.60. The molecule has 2 heterocycles. The fourth-order valence-electron chi connectivity index (χ4n) is 2.14. The Kier molecular flexibility index (Phi) is 5.44. The van der Waals surface area contributed by atoms with Gasteiger partial charge in [-0.15, -0.1) is 0 Å². The number of alkyl halides is 2. The van der Waals surface area contributed by atoms with Gasteiger partial charge in [0.05, 0.1) is 11.8 Å². The average Bonchev–Trinajstić information content (AvgIpc) is 2.51. The Labute approximate surface area is 136 Å². The fourth-order valence-corrected chi connectivity index (χ4v) is 2.26. The van der Waals surface area contributed by atoms with E-state index in [1.807, 2.05) is 6.92 Å². The number of fused-ring (bicyclic) bond motifs is 1. The monoisotopic (exact) mass is 343 g/mol. The first-order chi connectivity index (χ1) is 11.0. The van der Waals surface area contributed by atoms with Gasteiger partial charge in [0.25, 0.3) is 5.91 Å². The summed E-state index contributed by atoms with van der Waals surface area (Å²) in [6, 6.07) is 5.19. The molecule has 1 aromatic carbocycles.